The van der Waals surface area contributed by atoms with E-state index in [0.717, 1.165) is 12.8 Å². The first-order valence-electron chi connectivity index (χ1n) is 6.28. The van der Waals surface area contributed by atoms with E-state index in [1.807, 2.05) is 6.92 Å². The summed E-state index contributed by atoms with van der Waals surface area (Å²) in [7, 11) is 0. The molecule has 2 N–H and O–H groups in total. The summed E-state index contributed by atoms with van der Waals surface area (Å²) in [6.45, 7) is 2.89. The molecule has 1 aliphatic rings. The number of carbonyl (C=O) groups excluding carboxylic acids is 2. The SMILES string of the molecule is CCC(=O)NCCNC(=O)C1CCCCC1. The van der Waals surface area contributed by atoms with E-state index in [4.69, 9.17) is 0 Å². The molecule has 0 bridgehead atoms. The highest BCUT2D eigenvalue weighted by Gasteiger charge is 2.20. The van der Waals surface area contributed by atoms with E-state index in [0.29, 0.717) is 19.5 Å². The second-order valence-corrected chi connectivity index (χ2v) is 4.33. The number of hydrogen-bond donors (Lipinski definition) is 2. The number of hydrogen-bond acceptors (Lipinski definition) is 2. The molecule has 0 atom stereocenters. The van der Waals surface area contributed by atoms with Crippen molar-refractivity contribution in [3.05, 3.63) is 0 Å². The lowest BCUT2D eigenvalue weighted by atomic mass is 9.89. The first-order chi connectivity index (χ1) is 7.74. The van der Waals surface area contributed by atoms with Gasteiger partial charge < -0.3 is 10.6 Å². The van der Waals surface area contributed by atoms with Crippen molar-refractivity contribution >= 4 is 11.8 Å². The normalized spacial score (nSPS) is 16.8. The molecular formula is C12H22N2O2. The summed E-state index contributed by atoms with van der Waals surface area (Å²) >= 11 is 0. The predicted octanol–water partition coefficient (Wildman–Crippen LogP) is 1.21. The second-order valence-electron chi connectivity index (χ2n) is 4.33. The van der Waals surface area contributed by atoms with Gasteiger partial charge in [-0.2, -0.15) is 0 Å². The molecule has 1 fully saturated rings. The molecule has 4 nitrogen and oxygen atoms in total. The van der Waals surface area contributed by atoms with Crippen molar-refractivity contribution in [2.45, 2.75) is 45.4 Å². The summed E-state index contributed by atoms with van der Waals surface area (Å²) in [5.41, 5.74) is 0. The topological polar surface area (TPSA) is 58.2 Å². The Morgan fingerprint density at radius 1 is 1.06 bits per heavy atom. The molecule has 0 radical (unpaired) electrons. The third kappa shape index (κ3) is 4.64. The monoisotopic (exact) mass is 226 g/mol. The minimum atomic E-state index is 0.0342. The average molecular weight is 226 g/mol. The molecule has 92 valence electrons. The fourth-order valence-electron chi connectivity index (χ4n) is 2.02. The van der Waals surface area contributed by atoms with Gasteiger partial charge in [-0.1, -0.05) is 26.2 Å². The van der Waals surface area contributed by atoms with E-state index in [1.54, 1.807) is 0 Å². The molecule has 0 aromatic carbocycles. The standard InChI is InChI=1S/C12H22N2O2/c1-2-11(15)13-8-9-14-12(16)10-6-4-3-5-7-10/h10H,2-9H2,1H3,(H,13,15)(H,14,16). The quantitative estimate of drug-likeness (QED) is 0.692. The van der Waals surface area contributed by atoms with Gasteiger partial charge in [-0.25, -0.2) is 0 Å². The van der Waals surface area contributed by atoms with Gasteiger partial charge in [-0.15, -0.1) is 0 Å². The van der Waals surface area contributed by atoms with Crippen LogP contribution in [0.4, 0.5) is 0 Å². The molecule has 1 saturated carbocycles. The van der Waals surface area contributed by atoms with Crippen LogP contribution < -0.4 is 10.6 Å². The van der Waals surface area contributed by atoms with Crippen LogP contribution in [0, 0.1) is 5.92 Å². The molecule has 0 heterocycles. The van der Waals surface area contributed by atoms with Crippen LogP contribution in [0.2, 0.25) is 0 Å². The Labute approximate surface area is 97.2 Å². The maximum absolute atomic E-state index is 11.7. The van der Waals surface area contributed by atoms with Gasteiger partial charge in [-0.3, -0.25) is 9.59 Å². The largest absolute Gasteiger partial charge is 0.354 e. The van der Waals surface area contributed by atoms with Crippen molar-refractivity contribution < 1.29 is 9.59 Å². The van der Waals surface area contributed by atoms with Gasteiger partial charge in [0.2, 0.25) is 11.8 Å². The highest BCUT2D eigenvalue weighted by atomic mass is 16.2. The molecule has 1 aliphatic carbocycles. The van der Waals surface area contributed by atoms with Crippen molar-refractivity contribution in [2.24, 2.45) is 5.92 Å². The number of amides is 2. The first-order valence-corrected chi connectivity index (χ1v) is 6.28. The maximum atomic E-state index is 11.7. The lowest BCUT2D eigenvalue weighted by Crippen LogP contribution is -2.37. The van der Waals surface area contributed by atoms with E-state index >= 15 is 0 Å². The van der Waals surface area contributed by atoms with Crippen molar-refractivity contribution in [1.29, 1.82) is 0 Å². The third-order valence-corrected chi connectivity index (χ3v) is 3.04. The van der Waals surface area contributed by atoms with E-state index in [-0.39, 0.29) is 17.7 Å². The van der Waals surface area contributed by atoms with E-state index in [9.17, 15) is 9.59 Å². The molecule has 0 unspecified atom stereocenters. The Bertz CT molecular complexity index is 235. The van der Waals surface area contributed by atoms with Crippen molar-refractivity contribution in [2.75, 3.05) is 13.1 Å². The molecule has 0 saturated heterocycles. The molecular weight excluding hydrogens is 204 g/mol. The van der Waals surface area contributed by atoms with Crippen molar-refractivity contribution in [3.63, 3.8) is 0 Å². The fraction of sp³-hybridized carbons (Fsp3) is 0.833. The van der Waals surface area contributed by atoms with Gasteiger partial charge in [0.15, 0.2) is 0 Å². The summed E-state index contributed by atoms with van der Waals surface area (Å²) in [5.74, 6) is 0.396. The minimum Gasteiger partial charge on any atom is -0.354 e. The molecule has 0 spiro atoms. The summed E-state index contributed by atoms with van der Waals surface area (Å²) in [6.07, 6.45) is 6.14. The molecule has 4 heteroatoms. The van der Waals surface area contributed by atoms with Gasteiger partial charge in [-0.05, 0) is 12.8 Å². The van der Waals surface area contributed by atoms with E-state index < -0.39 is 0 Å². The van der Waals surface area contributed by atoms with E-state index in [1.165, 1.54) is 19.3 Å². The summed E-state index contributed by atoms with van der Waals surface area (Å²) in [5, 5.41) is 5.62. The molecule has 0 aromatic heterocycles. The van der Waals surface area contributed by atoms with Gasteiger partial charge in [0.05, 0.1) is 0 Å². The predicted molar refractivity (Wildman–Crippen MR) is 62.9 cm³/mol. The van der Waals surface area contributed by atoms with Gasteiger partial charge in [0, 0.05) is 25.4 Å². The van der Waals surface area contributed by atoms with E-state index in [2.05, 4.69) is 10.6 Å². The first kappa shape index (κ1) is 13.0. The minimum absolute atomic E-state index is 0.0342. The molecule has 0 aromatic rings. The zero-order valence-electron chi connectivity index (χ0n) is 10.1. The Morgan fingerprint density at radius 2 is 1.69 bits per heavy atom. The van der Waals surface area contributed by atoms with Crippen LogP contribution >= 0.6 is 0 Å². The van der Waals surface area contributed by atoms with Crippen LogP contribution in [0.1, 0.15) is 45.4 Å². The van der Waals surface area contributed by atoms with Crippen LogP contribution in [-0.4, -0.2) is 24.9 Å². The average Bonchev–Trinajstić information content (AvgIpc) is 2.35. The Kier molecular flexibility index (Phi) is 5.90. The fourth-order valence-corrected chi connectivity index (χ4v) is 2.02. The smallest absolute Gasteiger partial charge is 0.223 e. The van der Waals surface area contributed by atoms with Crippen LogP contribution in [-0.2, 0) is 9.59 Å². The highest BCUT2D eigenvalue weighted by molar-refractivity contribution is 5.79. The maximum Gasteiger partial charge on any atom is 0.223 e. The molecule has 2 amide bonds. The highest BCUT2D eigenvalue weighted by Crippen LogP contribution is 2.23. The number of nitrogens with one attached hydrogen (secondary N) is 2. The van der Waals surface area contributed by atoms with Crippen LogP contribution in [0.25, 0.3) is 0 Å². The number of carbonyl (C=O) groups is 2. The Balaban J connectivity index is 2.07. The molecule has 0 aliphatic heterocycles. The Morgan fingerprint density at radius 3 is 2.31 bits per heavy atom. The van der Waals surface area contributed by atoms with Crippen molar-refractivity contribution in [1.82, 2.24) is 10.6 Å². The Hall–Kier alpha value is -1.06. The summed E-state index contributed by atoms with van der Waals surface area (Å²) < 4.78 is 0. The lowest BCUT2D eigenvalue weighted by molar-refractivity contribution is -0.126. The molecule has 1 rings (SSSR count). The number of rotatable bonds is 5. The van der Waals surface area contributed by atoms with Crippen LogP contribution in [0.15, 0.2) is 0 Å². The zero-order valence-corrected chi connectivity index (χ0v) is 10.1. The van der Waals surface area contributed by atoms with Gasteiger partial charge in [0.1, 0.15) is 0 Å². The summed E-state index contributed by atoms with van der Waals surface area (Å²) in [6, 6.07) is 0. The zero-order chi connectivity index (χ0) is 11.8. The van der Waals surface area contributed by atoms with Gasteiger partial charge in [0.25, 0.3) is 0 Å². The third-order valence-electron chi connectivity index (χ3n) is 3.04. The van der Waals surface area contributed by atoms with Gasteiger partial charge >= 0.3 is 0 Å². The van der Waals surface area contributed by atoms with Crippen LogP contribution in [0.5, 0.6) is 0 Å². The van der Waals surface area contributed by atoms with Crippen LogP contribution in [0.3, 0.4) is 0 Å². The second kappa shape index (κ2) is 7.25. The van der Waals surface area contributed by atoms with Crippen molar-refractivity contribution in [3.8, 4) is 0 Å². The molecule has 16 heavy (non-hydrogen) atoms. The lowest BCUT2D eigenvalue weighted by Gasteiger charge is -2.20. The summed E-state index contributed by atoms with van der Waals surface area (Å²) in [4.78, 5) is 22.6.